The molecule has 0 spiro atoms. The maximum atomic E-state index is 13.1. The van der Waals surface area contributed by atoms with Crippen molar-refractivity contribution >= 4 is 40.4 Å². The number of aliphatic hydroxyl groups is 1. The number of Topliss-reactive ketones (excluding diaryl/α,β-unsaturated/α-hetero) is 1. The van der Waals surface area contributed by atoms with Gasteiger partial charge in [0.25, 0.3) is 11.7 Å². The molecule has 5 nitrogen and oxygen atoms in total. The number of carbonyl (C=O) groups excluding carboxylic acids is 2. The summed E-state index contributed by atoms with van der Waals surface area (Å²) in [5, 5.41) is 11.6. The Kier molecular flexibility index (Phi) is 5.53. The molecule has 1 aliphatic rings. The van der Waals surface area contributed by atoms with Gasteiger partial charge in [-0.15, -0.1) is 0 Å². The molecule has 4 rings (SSSR count). The van der Waals surface area contributed by atoms with Crippen molar-refractivity contribution in [2.45, 2.75) is 6.04 Å². The molecule has 1 saturated heterocycles. The minimum absolute atomic E-state index is 0.0498. The quantitative estimate of drug-likeness (QED) is 0.357. The molecule has 1 amide bonds. The number of nitrogens with zero attached hydrogens (tertiary/aromatic N) is 2. The predicted molar refractivity (Wildman–Crippen MR) is 123 cm³/mol. The number of hydrogen-bond acceptors (Lipinski definition) is 4. The molecule has 3 aromatic carbocycles. The molecule has 1 unspecified atom stereocenters. The van der Waals surface area contributed by atoms with Crippen LogP contribution < -0.4 is 9.80 Å². The van der Waals surface area contributed by atoms with Gasteiger partial charge in [0.05, 0.1) is 11.6 Å². The van der Waals surface area contributed by atoms with Gasteiger partial charge in [-0.2, -0.15) is 0 Å². The van der Waals surface area contributed by atoms with Crippen LogP contribution in [0.1, 0.15) is 17.2 Å². The monoisotopic (exact) mass is 432 g/mol. The molecule has 0 saturated carbocycles. The molecule has 1 atom stereocenters. The zero-order chi connectivity index (χ0) is 22.1. The van der Waals surface area contributed by atoms with Crippen LogP contribution in [-0.2, 0) is 9.59 Å². The molecule has 3 aromatic rings. The second kappa shape index (κ2) is 8.28. The molecule has 1 N–H and O–H groups in total. The first-order valence-electron chi connectivity index (χ1n) is 9.78. The van der Waals surface area contributed by atoms with E-state index in [-0.39, 0.29) is 11.3 Å². The number of para-hydroxylation sites is 1. The van der Waals surface area contributed by atoms with Crippen LogP contribution >= 0.6 is 11.6 Å². The van der Waals surface area contributed by atoms with Crippen LogP contribution in [-0.4, -0.2) is 30.9 Å². The smallest absolute Gasteiger partial charge is 0.300 e. The lowest BCUT2D eigenvalue weighted by atomic mass is 9.95. The first kappa shape index (κ1) is 20.7. The fraction of sp³-hybridized carbons (Fsp3) is 0.120. The van der Waals surface area contributed by atoms with Gasteiger partial charge in [0, 0.05) is 36.1 Å². The largest absolute Gasteiger partial charge is 0.507 e. The number of aliphatic hydroxyl groups excluding tert-OH is 1. The summed E-state index contributed by atoms with van der Waals surface area (Å²) in [6, 6.07) is 22.3. The third kappa shape index (κ3) is 3.80. The van der Waals surface area contributed by atoms with Crippen molar-refractivity contribution in [2.75, 3.05) is 23.9 Å². The van der Waals surface area contributed by atoms with Gasteiger partial charge in [-0.25, -0.2) is 0 Å². The molecule has 0 aliphatic carbocycles. The number of hydrogen-bond donors (Lipinski definition) is 1. The van der Waals surface area contributed by atoms with E-state index in [1.165, 1.54) is 4.90 Å². The van der Waals surface area contributed by atoms with Crippen molar-refractivity contribution in [3.8, 4) is 0 Å². The van der Waals surface area contributed by atoms with Gasteiger partial charge in [-0.1, -0.05) is 41.9 Å². The van der Waals surface area contributed by atoms with Crippen molar-refractivity contribution in [1.29, 1.82) is 0 Å². The number of anilines is 2. The minimum Gasteiger partial charge on any atom is -0.507 e. The zero-order valence-electron chi connectivity index (χ0n) is 17.1. The lowest BCUT2D eigenvalue weighted by Crippen LogP contribution is -2.29. The summed E-state index contributed by atoms with van der Waals surface area (Å²) in [4.78, 5) is 29.6. The number of ketones is 1. The van der Waals surface area contributed by atoms with E-state index in [4.69, 9.17) is 11.6 Å². The van der Waals surface area contributed by atoms with Crippen molar-refractivity contribution in [1.82, 2.24) is 0 Å². The maximum Gasteiger partial charge on any atom is 0.300 e. The lowest BCUT2D eigenvalue weighted by Gasteiger charge is -2.26. The van der Waals surface area contributed by atoms with Crippen molar-refractivity contribution in [3.05, 3.63) is 101 Å². The first-order valence-corrected chi connectivity index (χ1v) is 10.2. The lowest BCUT2D eigenvalue weighted by molar-refractivity contribution is -0.132. The average molecular weight is 433 g/mol. The highest BCUT2D eigenvalue weighted by atomic mass is 35.5. The van der Waals surface area contributed by atoms with Crippen LogP contribution in [0.2, 0.25) is 5.02 Å². The van der Waals surface area contributed by atoms with Gasteiger partial charge >= 0.3 is 0 Å². The number of carbonyl (C=O) groups is 2. The van der Waals surface area contributed by atoms with E-state index in [2.05, 4.69) is 0 Å². The van der Waals surface area contributed by atoms with Crippen LogP contribution in [0.3, 0.4) is 0 Å². The van der Waals surface area contributed by atoms with Crippen LogP contribution in [0.4, 0.5) is 11.4 Å². The van der Waals surface area contributed by atoms with Crippen LogP contribution in [0, 0.1) is 0 Å². The fourth-order valence-electron chi connectivity index (χ4n) is 3.72. The molecule has 1 aliphatic heterocycles. The molecule has 0 aromatic heterocycles. The Balaban J connectivity index is 1.91. The summed E-state index contributed by atoms with van der Waals surface area (Å²) in [7, 11) is 3.87. The summed E-state index contributed by atoms with van der Waals surface area (Å²) >= 11 is 5.97. The Morgan fingerprint density at radius 2 is 1.52 bits per heavy atom. The van der Waals surface area contributed by atoms with Gasteiger partial charge in [0.1, 0.15) is 5.76 Å². The maximum absolute atomic E-state index is 13.1. The first-order chi connectivity index (χ1) is 14.9. The molecule has 31 heavy (non-hydrogen) atoms. The Morgan fingerprint density at radius 1 is 0.903 bits per heavy atom. The van der Waals surface area contributed by atoms with Gasteiger partial charge in [-0.05, 0) is 54.1 Å². The SMILES string of the molecule is CN(C)c1ccc(C2C(=C(O)c3ccc(Cl)cc3)C(=O)C(=O)N2c2ccccc2)cc1. The Labute approximate surface area is 185 Å². The average Bonchev–Trinajstić information content (AvgIpc) is 3.05. The molecule has 0 bridgehead atoms. The topological polar surface area (TPSA) is 60.9 Å². The van der Waals surface area contributed by atoms with Crippen LogP contribution in [0.15, 0.2) is 84.4 Å². The standard InChI is InChI=1S/C25H21ClN2O3/c1-27(2)19-14-10-16(11-15-19)22-21(23(29)17-8-12-18(26)13-9-17)24(30)25(31)28(22)20-6-4-3-5-7-20/h3-15,22,29H,1-2H3. The van der Waals surface area contributed by atoms with Crippen molar-refractivity contribution in [3.63, 3.8) is 0 Å². The zero-order valence-corrected chi connectivity index (χ0v) is 17.9. The highest BCUT2D eigenvalue weighted by Gasteiger charge is 2.46. The van der Waals surface area contributed by atoms with Gasteiger partial charge in [-0.3, -0.25) is 14.5 Å². The van der Waals surface area contributed by atoms with Gasteiger partial charge < -0.3 is 10.0 Å². The third-order valence-corrected chi connectivity index (χ3v) is 5.57. The minimum atomic E-state index is -0.755. The molecular formula is C25H21ClN2O3. The molecule has 0 radical (unpaired) electrons. The number of benzene rings is 3. The highest BCUT2D eigenvalue weighted by Crippen LogP contribution is 2.42. The molecule has 6 heteroatoms. The number of amides is 1. The van der Waals surface area contributed by atoms with E-state index >= 15 is 0 Å². The van der Waals surface area contributed by atoms with E-state index < -0.39 is 17.7 Å². The van der Waals surface area contributed by atoms with E-state index in [1.54, 1.807) is 48.5 Å². The third-order valence-electron chi connectivity index (χ3n) is 5.32. The van der Waals surface area contributed by atoms with E-state index in [9.17, 15) is 14.7 Å². The summed E-state index contributed by atoms with van der Waals surface area (Å²) in [5.41, 5.74) is 2.77. The summed E-state index contributed by atoms with van der Waals surface area (Å²) in [6.07, 6.45) is 0. The highest BCUT2D eigenvalue weighted by molar-refractivity contribution is 6.51. The molecule has 1 heterocycles. The van der Waals surface area contributed by atoms with Gasteiger partial charge in [0.2, 0.25) is 0 Å². The second-order valence-electron chi connectivity index (χ2n) is 7.50. The Bertz CT molecular complexity index is 1150. The molecular weight excluding hydrogens is 412 g/mol. The summed E-state index contributed by atoms with van der Waals surface area (Å²) in [5.74, 6) is -1.63. The van der Waals surface area contributed by atoms with Gasteiger partial charge in [0.15, 0.2) is 0 Å². The van der Waals surface area contributed by atoms with Crippen molar-refractivity contribution in [2.24, 2.45) is 0 Å². The second-order valence-corrected chi connectivity index (χ2v) is 7.93. The van der Waals surface area contributed by atoms with E-state index in [1.807, 2.05) is 49.3 Å². The molecule has 1 fully saturated rings. The van der Waals surface area contributed by atoms with Crippen molar-refractivity contribution < 1.29 is 14.7 Å². The number of halogens is 1. The fourth-order valence-corrected chi connectivity index (χ4v) is 3.85. The van der Waals surface area contributed by atoms with E-state index in [0.717, 1.165) is 11.3 Å². The van der Waals surface area contributed by atoms with Crippen LogP contribution in [0.5, 0.6) is 0 Å². The van der Waals surface area contributed by atoms with Crippen LogP contribution in [0.25, 0.3) is 5.76 Å². The Morgan fingerprint density at radius 3 is 2.10 bits per heavy atom. The molecule has 156 valence electrons. The van der Waals surface area contributed by atoms with E-state index in [0.29, 0.717) is 16.3 Å². The summed E-state index contributed by atoms with van der Waals surface area (Å²) < 4.78 is 0. The predicted octanol–water partition coefficient (Wildman–Crippen LogP) is 5.03. The number of rotatable bonds is 4. The summed E-state index contributed by atoms with van der Waals surface area (Å²) in [6.45, 7) is 0. The Hall–Kier alpha value is -3.57. The normalized spacial score (nSPS) is 17.8.